The lowest BCUT2D eigenvalue weighted by atomic mass is 9.98. The molecule has 2 unspecified atom stereocenters. The summed E-state index contributed by atoms with van der Waals surface area (Å²) in [4.78, 5) is 31.5. The number of fused-ring (bicyclic) bond motifs is 4. The van der Waals surface area contributed by atoms with Gasteiger partial charge in [-0.05, 0) is 36.4 Å². The zero-order valence-corrected chi connectivity index (χ0v) is 19.9. The van der Waals surface area contributed by atoms with Gasteiger partial charge in [0.25, 0.3) is 0 Å². The normalized spacial score (nSPS) is 20.8. The van der Waals surface area contributed by atoms with E-state index in [4.69, 9.17) is 14.2 Å². The molecule has 4 heterocycles. The Morgan fingerprint density at radius 2 is 2.09 bits per heavy atom. The number of rotatable bonds is 6. The molecule has 2 amide bonds. The lowest BCUT2D eigenvalue weighted by Crippen LogP contribution is -2.33. The molecule has 0 spiro atoms. The van der Waals surface area contributed by atoms with Gasteiger partial charge in [0.15, 0.2) is 0 Å². The molecule has 2 aromatic carbocycles. The van der Waals surface area contributed by atoms with Crippen molar-refractivity contribution >= 4 is 46.0 Å². The number of ether oxygens (including phenoxy) is 3. The van der Waals surface area contributed by atoms with Crippen molar-refractivity contribution < 1.29 is 23.8 Å². The van der Waals surface area contributed by atoms with Crippen molar-refractivity contribution in [1.82, 2.24) is 10.3 Å². The van der Waals surface area contributed by atoms with Crippen LogP contribution in [0.3, 0.4) is 0 Å². The van der Waals surface area contributed by atoms with Gasteiger partial charge in [-0.15, -0.1) is 11.8 Å². The van der Waals surface area contributed by atoms with Crippen molar-refractivity contribution in [3.63, 3.8) is 0 Å². The average Bonchev–Trinajstić information content (AvgIpc) is 3.46. The van der Waals surface area contributed by atoms with E-state index in [9.17, 15) is 9.59 Å². The number of hydrogen-bond acceptors (Lipinski definition) is 8. The summed E-state index contributed by atoms with van der Waals surface area (Å²) in [5, 5.41) is 7.36. The monoisotopic (exact) mass is 492 g/mol. The first-order valence-corrected chi connectivity index (χ1v) is 12.4. The van der Waals surface area contributed by atoms with Gasteiger partial charge >= 0.3 is 6.09 Å². The molecule has 2 N–H and O–H groups in total. The fourth-order valence-electron chi connectivity index (χ4n) is 4.74. The molecule has 10 heteroatoms. The minimum atomic E-state index is -0.386. The first-order valence-electron chi connectivity index (χ1n) is 11.4. The first kappa shape index (κ1) is 22.0. The van der Waals surface area contributed by atoms with Crippen molar-refractivity contribution in [1.29, 1.82) is 0 Å². The molecular formula is C25H24N4O5S. The zero-order valence-electron chi connectivity index (χ0n) is 19.1. The predicted molar refractivity (Wildman–Crippen MR) is 133 cm³/mol. The molecule has 3 aliphatic rings. The van der Waals surface area contributed by atoms with Crippen molar-refractivity contribution in [2.75, 3.05) is 49.3 Å². The van der Waals surface area contributed by atoms with Gasteiger partial charge in [-0.25, -0.2) is 9.78 Å². The molecule has 3 aromatic rings. The Labute approximate surface area is 206 Å². The number of carbonyl (C=O) groups is 2. The Kier molecular flexibility index (Phi) is 5.62. The van der Waals surface area contributed by atoms with Crippen molar-refractivity contribution in [2.45, 2.75) is 16.9 Å². The molecule has 1 aromatic heterocycles. The van der Waals surface area contributed by atoms with Crippen molar-refractivity contribution in [3.05, 3.63) is 48.0 Å². The topological polar surface area (TPSA) is 102 Å². The zero-order chi connectivity index (χ0) is 23.9. The highest BCUT2D eigenvalue weighted by Gasteiger charge is 2.34. The van der Waals surface area contributed by atoms with Crippen LogP contribution in [0.5, 0.6) is 11.6 Å². The van der Waals surface area contributed by atoms with Crippen LogP contribution in [-0.2, 0) is 9.53 Å². The maximum atomic E-state index is 12.6. The van der Waals surface area contributed by atoms with E-state index in [1.54, 1.807) is 12.0 Å². The molecule has 3 aliphatic heterocycles. The number of hydrogen-bond donors (Lipinski definition) is 2. The van der Waals surface area contributed by atoms with Crippen molar-refractivity contribution in [3.8, 4) is 11.6 Å². The minimum absolute atomic E-state index is 0.0374. The van der Waals surface area contributed by atoms with Gasteiger partial charge in [0.2, 0.25) is 11.8 Å². The Morgan fingerprint density at radius 1 is 1.20 bits per heavy atom. The van der Waals surface area contributed by atoms with E-state index >= 15 is 0 Å². The summed E-state index contributed by atoms with van der Waals surface area (Å²) in [5.74, 6) is 1.92. The molecule has 1 saturated heterocycles. The molecule has 35 heavy (non-hydrogen) atoms. The largest absolute Gasteiger partial charge is 0.493 e. The predicted octanol–water partition coefficient (Wildman–Crippen LogP) is 3.38. The standard InChI is InChI=1S/C25H24N4O5S/c1-32-22-7-3-14-2-5-19-23(24(14)28-22)15(12-33-19)9-26-10-17-11-29(25(31)34-17)16-4-6-20-18(8-16)27-21(30)13-35-20/h2-8,15,17,26H,9-13H2,1H3,(H,27,30). The SMILES string of the molecule is COc1ccc2ccc3c(c2n1)C(CNCC1CN(c2ccc4c(c2)NC(=O)CS4)C(=O)O1)CO3. The number of amides is 2. The molecule has 0 saturated carbocycles. The summed E-state index contributed by atoms with van der Waals surface area (Å²) < 4.78 is 16.8. The quantitative estimate of drug-likeness (QED) is 0.540. The first-order chi connectivity index (χ1) is 17.1. The summed E-state index contributed by atoms with van der Waals surface area (Å²) >= 11 is 1.49. The number of aromatic nitrogens is 1. The number of pyridine rings is 1. The highest BCUT2D eigenvalue weighted by Crippen LogP contribution is 2.39. The number of nitrogens with zero attached hydrogens (tertiary/aromatic N) is 2. The van der Waals surface area contributed by atoms with Gasteiger partial charge in [0, 0.05) is 46.6 Å². The number of carbonyl (C=O) groups excluding carboxylic acids is 2. The smallest absolute Gasteiger partial charge is 0.414 e. The molecule has 180 valence electrons. The molecule has 0 bridgehead atoms. The summed E-state index contributed by atoms with van der Waals surface area (Å²) in [6.07, 6.45) is -0.668. The summed E-state index contributed by atoms with van der Waals surface area (Å²) in [5.41, 5.74) is 3.41. The number of thioether (sulfide) groups is 1. The lowest BCUT2D eigenvalue weighted by Gasteiger charge is -2.20. The Morgan fingerprint density at radius 3 is 2.97 bits per heavy atom. The Bertz CT molecular complexity index is 1330. The highest BCUT2D eigenvalue weighted by atomic mass is 32.2. The number of cyclic esters (lactones) is 1. The Hall–Kier alpha value is -3.50. The van der Waals surface area contributed by atoms with Crippen LogP contribution in [0.15, 0.2) is 47.4 Å². The fraction of sp³-hybridized carbons (Fsp3) is 0.320. The van der Waals surface area contributed by atoms with E-state index in [1.807, 2.05) is 42.5 Å². The molecule has 6 rings (SSSR count). The van der Waals surface area contributed by atoms with Gasteiger partial charge in [-0.2, -0.15) is 0 Å². The van der Waals surface area contributed by atoms with Crippen LogP contribution in [0.4, 0.5) is 16.2 Å². The van der Waals surface area contributed by atoms with Crippen LogP contribution >= 0.6 is 11.8 Å². The number of methoxy groups -OCH3 is 1. The van der Waals surface area contributed by atoms with E-state index in [2.05, 4.69) is 15.6 Å². The van der Waals surface area contributed by atoms with Crippen LogP contribution in [-0.4, -0.2) is 62.2 Å². The van der Waals surface area contributed by atoms with Crippen LogP contribution in [0, 0.1) is 0 Å². The van der Waals surface area contributed by atoms with Crippen LogP contribution in [0.2, 0.25) is 0 Å². The number of anilines is 2. The average molecular weight is 493 g/mol. The maximum Gasteiger partial charge on any atom is 0.414 e. The molecule has 0 radical (unpaired) electrons. The third-order valence-corrected chi connectivity index (χ3v) is 7.51. The molecule has 2 atom stereocenters. The second kappa shape index (κ2) is 8.94. The number of benzene rings is 2. The van der Waals surface area contributed by atoms with Gasteiger partial charge in [-0.3, -0.25) is 9.69 Å². The maximum absolute atomic E-state index is 12.6. The third-order valence-electron chi connectivity index (χ3n) is 6.44. The number of nitrogens with one attached hydrogen (secondary N) is 2. The highest BCUT2D eigenvalue weighted by molar-refractivity contribution is 8.00. The Balaban J connectivity index is 1.11. The third kappa shape index (κ3) is 4.12. The summed E-state index contributed by atoms with van der Waals surface area (Å²) in [6.45, 7) is 2.19. The van der Waals surface area contributed by atoms with E-state index in [1.165, 1.54) is 11.8 Å². The lowest BCUT2D eigenvalue weighted by molar-refractivity contribution is -0.113. The van der Waals surface area contributed by atoms with Gasteiger partial charge < -0.3 is 24.8 Å². The van der Waals surface area contributed by atoms with Gasteiger partial charge in [0.05, 0.1) is 37.2 Å². The van der Waals surface area contributed by atoms with Gasteiger partial charge in [0.1, 0.15) is 11.9 Å². The van der Waals surface area contributed by atoms with Crippen LogP contribution < -0.4 is 25.0 Å². The second-order valence-corrected chi connectivity index (χ2v) is 9.72. The van der Waals surface area contributed by atoms with Gasteiger partial charge in [-0.1, -0.05) is 0 Å². The van der Waals surface area contributed by atoms with E-state index in [-0.39, 0.29) is 24.0 Å². The molecule has 0 aliphatic carbocycles. The summed E-state index contributed by atoms with van der Waals surface area (Å²) in [7, 11) is 1.61. The van der Waals surface area contributed by atoms with Crippen molar-refractivity contribution in [2.24, 2.45) is 0 Å². The minimum Gasteiger partial charge on any atom is -0.493 e. The molecular weight excluding hydrogens is 468 g/mol. The molecule has 1 fully saturated rings. The van der Waals surface area contributed by atoms with Crippen LogP contribution in [0.25, 0.3) is 10.9 Å². The van der Waals surface area contributed by atoms with Crippen LogP contribution in [0.1, 0.15) is 11.5 Å². The van der Waals surface area contributed by atoms with E-state index in [0.717, 1.165) is 32.8 Å². The van der Waals surface area contributed by atoms with E-state index in [0.29, 0.717) is 43.6 Å². The molecule has 9 nitrogen and oxygen atoms in total. The fourth-order valence-corrected chi connectivity index (χ4v) is 5.53. The summed E-state index contributed by atoms with van der Waals surface area (Å²) in [6, 6.07) is 13.5. The second-order valence-electron chi connectivity index (χ2n) is 8.70. The van der Waals surface area contributed by atoms with E-state index < -0.39 is 0 Å².